The van der Waals surface area contributed by atoms with Gasteiger partial charge in [0.1, 0.15) is 0 Å². The molecule has 0 unspecified atom stereocenters. The van der Waals surface area contributed by atoms with Crippen LogP contribution in [0.3, 0.4) is 0 Å². The minimum atomic E-state index is -0.0655. The molecule has 0 atom stereocenters. The van der Waals surface area contributed by atoms with Crippen LogP contribution in [0.4, 0.5) is 0 Å². The summed E-state index contributed by atoms with van der Waals surface area (Å²) in [6.45, 7) is 15.3. The van der Waals surface area contributed by atoms with Crippen molar-refractivity contribution in [2.24, 2.45) is 0 Å². The Labute approximate surface area is 119 Å². The van der Waals surface area contributed by atoms with E-state index < -0.39 is 0 Å². The van der Waals surface area contributed by atoms with Crippen molar-refractivity contribution < 1.29 is 9.47 Å². The van der Waals surface area contributed by atoms with Crippen molar-refractivity contribution in [2.45, 2.75) is 84.0 Å². The molecular formula is C16H33NO2. The highest BCUT2D eigenvalue weighted by Gasteiger charge is 2.37. The average molecular weight is 271 g/mol. The van der Waals surface area contributed by atoms with Crippen LogP contribution in [0.5, 0.6) is 0 Å². The van der Waals surface area contributed by atoms with Gasteiger partial charge in [0.25, 0.3) is 0 Å². The van der Waals surface area contributed by atoms with Gasteiger partial charge in [0.2, 0.25) is 0 Å². The summed E-state index contributed by atoms with van der Waals surface area (Å²) in [4.78, 5) is 0. The molecule has 0 aromatic rings. The van der Waals surface area contributed by atoms with Crippen LogP contribution < -0.4 is 5.32 Å². The molecule has 0 aromatic heterocycles. The maximum Gasteiger partial charge on any atom is 0.0708 e. The minimum absolute atomic E-state index is 0.0655. The van der Waals surface area contributed by atoms with Gasteiger partial charge in [0.05, 0.1) is 24.4 Å². The van der Waals surface area contributed by atoms with Crippen LogP contribution in [0.1, 0.15) is 67.2 Å². The molecule has 0 aromatic carbocycles. The third-order valence-electron chi connectivity index (χ3n) is 3.53. The molecule has 1 rings (SSSR count). The Hall–Kier alpha value is -0.120. The van der Waals surface area contributed by atoms with Crippen LogP contribution >= 0.6 is 0 Å². The first-order chi connectivity index (χ1) is 8.62. The van der Waals surface area contributed by atoms with E-state index in [2.05, 4.69) is 46.9 Å². The first-order valence-electron chi connectivity index (χ1n) is 7.65. The normalized spacial score (nSPS) is 19.3. The molecule has 0 heterocycles. The number of nitrogens with one attached hydrogen (secondary N) is 1. The fraction of sp³-hybridized carbons (Fsp3) is 1.00. The highest BCUT2D eigenvalue weighted by molar-refractivity contribution is 4.91. The molecule has 19 heavy (non-hydrogen) atoms. The second-order valence-corrected chi connectivity index (χ2v) is 7.77. The fourth-order valence-electron chi connectivity index (χ4n) is 2.31. The van der Waals surface area contributed by atoms with Crippen LogP contribution in [0.15, 0.2) is 0 Å². The molecule has 1 aliphatic rings. The predicted molar refractivity (Wildman–Crippen MR) is 80.6 cm³/mol. The molecule has 0 saturated heterocycles. The van der Waals surface area contributed by atoms with E-state index in [0.717, 1.165) is 13.0 Å². The third kappa shape index (κ3) is 7.28. The highest BCUT2D eigenvalue weighted by atomic mass is 16.5. The molecule has 1 N–H and O–H groups in total. The number of ether oxygens (including phenoxy) is 2. The van der Waals surface area contributed by atoms with Crippen LogP contribution in [0.25, 0.3) is 0 Å². The van der Waals surface area contributed by atoms with E-state index in [0.29, 0.717) is 13.2 Å². The highest BCUT2D eigenvalue weighted by Crippen LogP contribution is 2.38. The van der Waals surface area contributed by atoms with Crippen molar-refractivity contribution in [2.75, 3.05) is 19.8 Å². The van der Waals surface area contributed by atoms with E-state index in [9.17, 15) is 0 Å². The zero-order valence-electron chi connectivity index (χ0n) is 13.8. The summed E-state index contributed by atoms with van der Waals surface area (Å²) in [7, 11) is 0. The second kappa shape index (κ2) is 6.55. The second-order valence-electron chi connectivity index (χ2n) is 7.77. The van der Waals surface area contributed by atoms with Gasteiger partial charge in [-0.05, 0) is 73.8 Å². The Bertz CT molecular complexity index is 259. The van der Waals surface area contributed by atoms with Crippen LogP contribution in [0, 0.1) is 0 Å². The van der Waals surface area contributed by atoms with Crippen molar-refractivity contribution >= 4 is 0 Å². The average Bonchev–Trinajstić information content (AvgIpc) is 2.16. The topological polar surface area (TPSA) is 30.5 Å². The largest absolute Gasteiger partial charge is 0.373 e. The first-order valence-corrected chi connectivity index (χ1v) is 7.65. The quantitative estimate of drug-likeness (QED) is 0.719. The van der Waals surface area contributed by atoms with Gasteiger partial charge in [0, 0.05) is 5.54 Å². The Morgan fingerprint density at radius 1 is 1.00 bits per heavy atom. The van der Waals surface area contributed by atoms with E-state index in [-0.39, 0.29) is 16.7 Å². The SMILES string of the molecule is CC(C)(C)NCCC1(OCCOC(C)(C)C)CCC1. The molecule has 0 spiro atoms. The monoisotopic (exact) mass is 271 g/mol. The molecule has 114 valence electrons. The van der Waals surface area contributed by atoms with E-state index >= 15 is 0 Å². The van der Waals surface area contributed by atoms with Crippen molar-refractivity contribution in [3.8, 4) is 0 Å². The van der Waals surface area contributed by atoms with E-state index in [1.54, 1.807) is 0 Å². The molecular weight excluding hydrogens is 238 g/mol. The minimum Gasteiger partial charge on any atom is -0.373 e. The fourth-order valence-corrected chi connectivity index (χ4v) is 2.31. The van der Waals surface area contributed by atoms with Crippen molar-refractivity contribution in [3.63, 3.8) is 0 Å². The van der Waals surface area contributed by atoms with E-state index in [4.69, 9.17) is 9.47 Å². The van der Waals surface area contributed by atoms with Gasteiger partial charge < -0.3 is 14.8 Å². The van der Waals surface area contributed by atoms with Gasteiger partial charge in [-0.15, -0.1) is 0 Å². The summed E-state index contributed by atoms with van der Waals surface area (Å²) >= 11 is 0. The van der Waals surface area contributed by atoms with Crippen molar-refractivity contribution in [3.05, 3.63) is 0 Å². The zero-order chi connectivity index (χ0) is 14.6. The van der Waals surface area contributed by atoms with Crippen LogP contribution in [-0.2, 0) is 9.47 Å². The van der Waals surface area contributed by atoms with Gasteiger partial charge in [0.15, 0.2) is 0 Å². The smallest absolute Gasteiger partial charge is 0.0708 e. The van der Waals surface area contributed by atoms with E-state index in [1.807, 2.05) is 0 Å². The van der Waals surface area contributed by atoms with Crippen molar-refractivity contribution in [1.82, 2.24) is 5.32 Å². The summed E-state index contributed by atoms with van der Waals surface area (Å²) < 4.78 is 11.8. The number of rotatable bonds is 7. The summed E-state index contributed by atoms with van der Waals surface area (Å²) in [5.74, 6) is 0. The Balaban J connectivity index is 2.20. The van der Waals surface area contributed by atoms with Crippen LogP contribution in [-0.4, -0.2) is 36.5 Å². The van der Waals surface area contributed by atoms with Gasteiger partial charge in [-0.2, -0.15) is 0 Å². The molecule has 0 bridgehead atoms. The molecule has 0 amide bonds. The van der Waals surface area contributed by atoms with Crippen molar-refractivity contribution in [1.29, 1.82) is 0 Å². The Morgan fingerprint density at radius 3 is 2.05 bits per heavy atom. The molecule has 1 fully saturated rings. The number of hydrogen-bond donors (Lipinski definition) is 1. The van der Waals surface area contributed by atoms with Gasteiger partial charge >= 0.3 is 0 Å². The lowest BCUT2D eigenvalue weighted by Gasteiger charge is -2.42. The molecule has 0 aliphatic heterocycles. The molecule has 3 nitrogen and oxygen atoms in total. The predicted octanol–water partition coefficient (Wildman–Crippen LogP) is 3.52. The van der Waals surface area contributed by atoms with Gasteiger partial charge in [-0.1, -0.05) is 0 Å². The first kappa shape index (κ1) is 16.9. The van der Waals surface area contributed by atoms with Gasteiger partial charge in [-0.25, -0.2) is 0 Å². The Morgan fingerprint density at radius 2 is 1.63 bits per heavy atom. The summed E-state index contributed by atoms with van der Waals surface area (Å²) in [5.41, 5.74) is 0.254. The van der Waals surface area contributed by atoms with Gasteiger partial charge in [-0.3, -0.25) is 0 Å². The molecule has 1 aliphatic carbocycles. The lowest BCUT2D eigenvalue weighted by molar-refractivity contribution is -0.130. The maximum atomic E-state index is 6.11. The molecule has 0 radical (unpaired) electrons. The van der Waals surface area contributed by atoms with Crippen LogP contribution in [0.2, 0.25) is 0 Å². The standard InChI is InChI=1S/C16H33NO2/c1-14(2,3)17-11-10-16(8-7-9-16)19-13-12-18-15(4,5)6/h17H,7-13H2,1-6H3. The zero-order valence-corrected chi connectivity index (χ0v) is 13.8. The van der Waals surface area contributed by atoms with E-state index in [1.165, 1.54) is 19.3 Å². The summed E-state index contributed by atoms with van der Waals surface area (Å²) in [5, 5.41) is 3.55. The summed E-state index contributed by atoms with van der Waals surface area (Å²) in [6, 6.07) is 0. The lowest BCUT2D eigenvalue weighted by atomic mass is 9.77. The summed E-state index contributed by atoms with van der Waals surface area (Å²) in [6.07, 6.45) is 4.82. The molecule has 1 saturated carbocycles. The molecule has 3 heteroatoms. The third-order valence-corrected chi connectivity index (χ3v) is 3.53. The lowest BCUT2D eigenvalue weighted by Crippen LogP contribution is -2.46. The maximum absolute atomic E-state index is 6.11. The number of hydrogen-bond acceptors (Lipinski definition) is 3. The Kier molecular flexibility index (Phi) is 5.84.